The summed E-state index contributed by atoms with van der Waals surface area (Å²) < 4.78 is 0. The molecule has 1 unspecified atom stereocenters. The van der Waals surface area contributed by atoms with Gasteiger partial charge in [0, 0.05) is 5.54 Å². The summed E-state index contributed by atoms with van der Waals surface area (Å²) in [6.45, 7) is 7.12. The summed E-state index contributed by atoms with van der Waals surface area (Å²) in [5.41, 5.74) is 10.1. The minimum absolute atomic E-state index is 0.164. The van der Waals surface area contributed by atoms with Crippen LogP contribution in [0, 0.1) is 11.3 Å². The van der Waals surface area contributed by atoms with Gasteiger partial charge in [-0.15, -0.1) is 0 Å². The molecule has 20 heavy (non-hydrogen) atoms. The van der Waals surface area contributed by atoms with Gasteiger partial charge in [0.25, 0.3) is 0 Å². The molecule has 1 aliphatic carbocycles. The number of nitrogens with zero attached hydrogens (tertiary/aromatic N) is 1. The number of hydrogen-bond donors (Lipinski definition) is 1. The van der Waals surface area contributed by atoms with Gasteiger partial charge in [0.1, 0.15) is 0 Å². The summed E-state index contributed by atoms with van der Waals surface area (Å²) in [7, 11) is 2.22. The minimum Gasteiger partial charge on any atom is -0.321 e. The molecule has 1 aliphatic heterocycles. The highest BCUT2D eigenvalue weighted by Crippen LogP contribution is 2.52. The van der Waals surface area contributed by atoms with Gasteiger partial charge in [-0.05, 0) is 68.3 Å². The molecule has 1 aromatic rings. The van der Waals surface area contributed by atoms with Gasteiger partial charge >= 0.3 is 0 Å². The number of likely N-dealkylation sites (tertiary alicyclic amines) is 1. The van der Waals surface area contributed by atoms with Crippen LogP contribution in [0.5, 0.6) is 0 Å². The molecule has 2 aliphatic rings. The van der Waals surface area contributed by atoms with Crippen LogP contribution >= 0.6 is 0 Å². The van der Waals surface area contributed by atoms with E-state index in [1.807, 2.05) is 0 Å². The van der Waals surface area contributed by atoms with Gasteiger partial charge in [-0.2, -0.15) is 0 Å². The second kappa shape index (κ2) is 4.85. The lowest BCUT2D eigenvalue weighted by molar-refractivity contribution is 0.0347. The summed E-state index contributed by atoms with van der Waals surface area (Å²) in [6.07, 6.45) is 4.83. The van der Waals surface area contributed by atoms with E-state index in [4.69, 9.17) is 5.73 Å². The van der Waals surface area contributed by atoms with Gasteiger partial charge in [0.05, 0.1) is 0 Å². The van der Waals surface area contributed by atoms with Crippen molar-refractivity contribution in [2.45, 2.75) is 45.1 Å². The maximum atomic E-state index is 7.15. The molecule has 1 heterocycles. The number of nitrogens with two attached hydrogens (primary N) is 1. The Hall–Kier alpha value is -0.860. The summed E-state index contributed by atoms with van der Waals surface area (Å²) in [5.74, 6) is 0.607. The molecule has 2 nitrogen and oxygen atoms in total. The number of aryl methyl sites for hydroxylation is 1. The largest absolute Gasteiger partial charge is 0.321 e. The Morgan fingerprint density at radius 3 is 2.50 bits per heavy atom. The van der Waals surface area contributed by atoms with E-state index in [-0.39, 0.29) is 11.0 Å². The topological polar surface area (TPSA) is 29.3 Å². The van der Waals surface area contributed by atoms with E-state index in [1.54, 1.807) is 0 Å². The highest BCUT2D eigenvalue weighted by molar-refractivity contribution is 5.39. The molecular weight excluding hydrogens is 244 g/mol. The van der Waals surface area contributed by atoms with E-state index in [1.165, 1.54) is 49.9 Å². The second-order valence-electron chi connectivity index (χ2n) is 7.49. The van der Waals surface area contributed by atoms with Crippen molar-refractivity contribution in [1.82, 2.24) is 4.90 Å². The zero-order valence-corrected chi connectivity index (χ0v) is 13.2. The highest BCUT2D eigenvalue weighted by Gasteiger charge is 2.51. The Bertz CT molecular complexity index is 486. The fraction of sp³-hybridized carbons (Fsp3) is 0.667. The normalized spacial score (nSPS) is 31.0. The van der Waals surface area contributed by atoms with Crippen molar-refractivity contribution < 1.29 is 0 Å². The summed E-state index contributed by atoms with van der Waals surface area (Å²) in [4.78, 5) is 2.43. The molecule has 110 valence electrons. The average Bonchev–Trinajstić information content (AvgIpc) is 2.44. The lowest BCUT2D eigenvalue weighted by atomic mass is 9.55. The van der Waals surface area contributed by atoms with Crippen molar-refractivity contribution in [3.05, 3.63) is 35.4 Å². The smallest absolute Gasteiger partial charge is 0.0493 e. The van der Waals surface area contributed by atoms with E-state index in [0.29, 0.717) is 5.92 Å². The third kappa shape index (κ3) is 2.01. The molecule has 3 rings (SSSR count). The van der Waals surface area contributed by atoms with Crippen LogP contribution in [0.2, 0.25) is 0 Å². The lowest BCUT2D eigenvalue weighted by Gasteiger charge is -2.54. The molecule has 0 radical (unpaired) electrons. The van der Waals surface area contributed by atoms with Crippen molar-refractivity contribution in [3.63, 3.8) is 0 Å². The van der Waals surface area contributed by atoms with Gasteiger partial charge in [0.2, 0.25) is 0 Å². The maximum Gasteiger partial charge on any atom is 0.0493 e. The fourth-order valence-corrected chi connectivity index (χ4v) is 4.40. The highest BCUT2D eigenvalue weighted by atomic mass is 15.1. The first-order valence-electron chi connectivity index (χ1n) is 8.01. The Kier molecular flexibility index (Phi) is 3.42. The Balaban J connectivity index is 2.03. The quantitative estimate of drug-likeness (QED) is 0.851. The zero-order valence-electron chi connectivity index (χ0n) is 13.2. The van der Waals surface area contributed by atoms with Crippen LogP contribution in [0.1, 0.15) is 44.2 Å². The zero-order chi connectivity index (χ0) is 14.4. The first-order valence-corrected chi connectivity index (χ1v) is 8.01. The molecule has 1 saturated heterocycles. The molecule has 1 atom stereocenters. The van der Waals surface area contributed by atoms with Crippen molar-refractivity contribution in [1.29, 1.82) is 0 Å². The third-order valence-electron chi connectivity index (χ3n) is 5.96. The van der Waals surface area contributed by atoms with Crippen molar-refractivity contribution >= 4 is 0 Å². The van der Waals surface area contributed by atoms with E-state index in [2.05, 4.69) is 50.1 Å². The molecule has 0 saturated carbocycles. The SMILES string of the molecule is CN1CCC(C2(N)c3ccccc3CCC2(C)C)CC1. The number of fused-ring (bicyclic) bond motifs is 1. The Morgan fingerprint density at radius 1 is 1.15 bits per heavy atom. The fourth-order valence-electron chi connectivity index (χ4n) is 4.40. The molecule has 0 aromatic heterocycles. The van der Waals surface area contributed by atoms with E-state index in [9.17, 15) is 0 Å². The first kappa shape index (κ1) is 14.1. The molecule has 2 N–H and O–H groups in total. The van der Waals surface area contributed by atoms with Crippen LogP contribution in [0.4, 0.5) is 0 Å². The van der Waals surface area contributed by atoms with Crippen LogP contribution in [0.25, 0.3) is 0 Å². The summed E-state index contributed by atoms with van der Waals surface area (Å²) in [6, 6.07) is 8.89. The first-order chi connectivity index (χ1) is 9.45. The summed E-state index contributed by atoms with van der Waals surface area (Å²) >= 11 is 0. The van der Waals surface area contributed by atoms with Crippen molar-refractivity contribution in [3.8, 4) is 0 Å². The average molecular weight is 272 g/mol. The summed E-state index contributed by atoms with van der Waals surface area (Å²) in [5, 5.41) is 0. The van der Waals surface area contributed by atoms with E-state index >= 15 is 0 Å². The molecule has 0 spiro atoms. The van der Waals surface area contributed by atoms with E-state index < -0.39 is 0 Å². The monoisotopic (exact) mass is 272 g/mol. The van der Waals surface area contributed by atoms with Gasteiger partial charge in [0.15, 0.2) is 0 Å². The Morgan fingerprint density at radius 2 is 1.80 bits per heavy atom. The van der Waals surface area contributed by atoms with Crippen LogP contribution < -0.4 is 5.73 Å². The molecule has 1 aromatic carbocycles. The van der Waals surface area contributed by atoms with Crippen LogP contribution in [-0.4, -0.2) is 25.0 Å². The predicted molar refractivity (Wildman–Crippen MR) is 84.6 cm³/mol. The molecule has 2 heteroatoms. The molecule has 0 amide bonds. The Labute approximate surface area is 123 Å². The van der Waals surface area contributed by atoms with Crippen LogP contribution in [-0.2, 0) is 12.0 Å². The standard InChI is InChI=1S/C18H28N2/c1-17(2)11-8-14-6-4-5-7-16(14)18(17,19)15-9-12-20(3)13-10-15/h4-7,15H,8-13,19H2,1-3H3. The molecular formula is C18H28N2. The lowest BCUT2D eigenvalue weighted by Crippen LogP contribution is -2.59. The number of hydrogen-bond acceptors (Lipinski definition) is 2. The number of benzene rings is 1. The minimum atomic E-state index is -0.164. The number of piperidine rings is 1. The van der Waals surface area contributed by atoms with Gasteiger partial charge in [-0.3, -0.25) is 0 Å². The molecule has 1 fully saturated rings. The van der Waals surface area contributed by atoms with Crippen LogP contribution in [0.3, 0.4) is 0 Å². The third-order valence-corrected chi connectivity index (χ3v) is 5.96. The predicted octanol–water partition coefficient (Wildman–Crippen LogP) is 3.15. The van der Waals surface area contributed by atoms with Crippen molar-refractivity contribution in [2.75, 3.05) is 20.1 Å². The molecule has 0 bridgehead atoms. The van der Waals surface area contributed by atoms with Gasteiger partial charge in [-0.1, -0.05) is 38.1 Å². The van der Waals surface area contributed by atoms with Crippen LogP contribution in [0.15, 0.2) is 24.3 Å². The van der Waals surface area contributed by atoms with Gasteiger partial charge in [-0.25, -0.2) is 0 Å². The maximum absolute atomic E-state index is 7.15. The van der Waals surface area contributed by atoms with Crippen molar-refractivity contribution in [2.24, 2.45) is 17.1 Å². The second-order valence-corrected chi connectivity index (χ2v) is 7.49. The van der Waals surface area contributed by atoms with Gasteiger partial charge < -0.3 is 10.6 Å². The van der Waals surface area contributed by atoms with E-state index in [0.717, 1.165) is 0 Å². The number of rotatable bonds is 1.